The van der Waals surface area contributed by atoms with Gasteiger partial charge in [-0.1, -0.05) is 337 Å². The summed E-state index contributed by atoms with van der Waals surface area (Å²) in [5, 5.41) is 0. The van der Waals surface area contributed by atoms with E-state index in [1.807, 2.05) is 0 Å². The first-order valence-corrected chi connectivity index (χ1v) is 35.6. The van der Waals surface area contributed by atoms with Gasteiger partial charge in [0.1, 0.15) is 13.2 Å². The molecule has 0 N–H and O–H groups in total. The van der Waals surface area contributed by atoms with Crippen molar-refractivity contribution in [1.82, 2.24) is 0 Å². The Labute approximate surface area is 509 Å². The predicted molar refractivity (Wildman–Crippen MR) is 358 cm³/mol. The van der Waals surface area contributed by atoms with Crippen molar-refractivity contribution in [1.29, 1.82) is 0 Å². The molecule has 0 aromatic rings. The number of allylic oxidation sites excluding steroid dienone is 14. The van der Waals surface area contributed by atoms with Crippen molar-refractivity contribution in [3.8, 4) is 0 Å². The Kier molecular flexibility index (Phi) is 67.2. The first-order chi connectivity index (χ1) is 40.5. The van der Waals surface area contributed by atoms with Gasteiger partial charge in [-0.25, -0.2) is 0 Å². The number of hydrogen-bond donors (Lipinski definition) is 0. The van der Waals surface area contributed by atoms with Crippen LogP contribution in [0.3, 0.4) is 0 Å². The molecule has 6 heteroatoms. The topological polar surface area (TPSA) is 78.9 Å². The average Bonchev–Trinajstić information content (AvgIpc) is 3.47. The molecule has 0 fully saturated rings. The maximum atomic E-state index is 12.9. The van der Waals surface area contributed by atoms with Gasteiger partial charge in [-0.05, 0) is 89.9 Å². The summed E-state index contributed by atoms with van der Waals surface area (Å²) in [6.45, 7) is 6.51. The Bertz CT molecular complexity index is 1550. The largest absolute Gasteiger partial charge is 0.462 e. The first-order valence-electron chi connectivity index (χ1n) is 35.6. The normalized spacial score (nSPS) is 12.6. The summed E-state index contributed by atoms with van der Waals surface area (Å²) < 4.78 is 16.9. The number of hydrogen-bond acceptors (Lipinski definition) is 6. The van der Waals surface area contributed by atoms with Crippen LogP contribution in [-0.2, 0) is 28.6 Å². The molecule has 0 rings (SSSR count). The molecule has 0 heterocycles. The molecule has 0 saturated carbocycles. The Morgan fingerprint density at radius 3 is 0.805 bits per heavy atom. The van der Waals surface area contributed by atoms with Crippen LogP contribution in [0.15, 0.2) is 85.1 Å². The molecular weight excluding hydrogens is 1010 g/mol. The minimum absolute atomic E-state index is 0.0760. The van der Waals surface area contributed by atoms with Crippen LogP contribution in [0.4, 0.5) is 0 Å². The van der Waals surface area contributed by atoms with E-state index in [4.69, 9.17) is 14.2 Å². The third-order valence-electron chi connectivity index (χ3n) is 15.6. The number of unbranched alkanes of at least 4 members (excludes halogenated alkanes) is 40. The Morgan fingerprint density at radius 1 is 0.256 bits per heavy atom. The lowest BCUT2D eigenvalue weighted by Crippen LogP contribution is -2.30. The minimum atomic E-state index is -0.779. The molecule has 82 heavy (non-hydrogen) atoms. The lowest BCUT2D eigenvalue weighted by molar-refractivity contribution is -0.167. The molecule has 0 aromatic carbocycles. The Morgan fingerprint density at radius 2 is 0.500 bits per heavy atom. The molecule has 1 unspecified atom stereocenters. The summed E-state index contributed by atoms with van der Waals surface area (Å²) in [5.74, 6) is -0.869. The van der Waals surface area contributed by atoms with Crippen molar-refractivity contribution in [3.63, 3.8) is 0 Å². The third-order valence-corrected chi connectivity index (χ3v) is 15.6. The molecule has 0 aliphatic heterocycles. The Hall–Kier alpha value is -3.41. The summed E-state index contributed by atoms with van der Waals surface area (Å²) >= 11 is 0. The van der Waals surface area contributed by atoms with Crippen molar-refractivity contribution in [2.45, 2.75) is 367 Å². The van der Waals surface area contributed by atoms with Crippen molar-refractivity contribution < 1.29 is 28.6 Å². The van der Waals surface area contributed by atoms with E-state index in [-0.39, 0.29) is 31.1 Å². The fraction of sp³-hybridized carbons (Fsp3) is 0.776. The van der Waals surface area contributed by atoms with Crippen LogP contribution in [0, 0.1) is 0 Å². The smallest absolute Gasteiger partial charge is 0.306 e. The standard InChI is InChI=1S/C76H134O6/c1-4-7-10-13-16-19-22-24-26-28-30-32-34-35-36-37-38-39-40-41-43-44-46-48-50-52-54-57-60-63-66-69-75(78)81-72-73(71-80-74(77)68-65-62-59-56-21-18-15-12-9-6-3)82-76(79)70-67-64-61-58-55-53-51-49-47-45-42-33-31-29-27-25-23-20-17-14-11-8-5-2/h7,10,12,15-16,19,24,26,30,32,35-36,38-39,73H,4-6,8-9,11,13-14,17-18,20-23,25,27-29,31,33-34,37,40-72H2,1-3H3/b10-7-,15-12-,19-16-,26-24-,32-30-,36-35-,39-38-. The third kappa shape index (κ3) is 67.4. The van der Waals surface area contributed by atoms with Gasteiger partial charge in [0.2, 0.25) is 0 Å². The quantitative estimate of drug-likeness (QED) is 0.0261. The van der Waals surface area contributed by atoms with Gasteiger partial charge < -0.3 is 14.2 Å². The van der Waals surface area contributed by atoms with Gasteiger partial charge in [-0.15, -0.1) is 0 Å². The highest BCUT2D eigenvalue weighted by Gasteiger charge is 2.19. The Balaban J connectivity index is 4.16. The zero-order chi connectivity index (χ0) is 59.2. The van der Waals surface area contributed by atoms with Gasteiger partial charge in [0.25, 0.3) is 0 Å². The van der Waals surface area contributed by atoms with E-state index >= 15 is 0 Å². The van der Waals surface area contributed by atoms with Crippen molar-refractivity contribution in [3.05, 3.63) is 85.1 Å². The lowest BCUT2D eigenvalue weighted by atomic mass is 10.0. The lowest BCUT2D eigenvalue weighted by Gasteiger charge is -2.18. The maximum Gasteiger partial charge on any atom is 0.306 e. The molecule has 1 atom stereocenters. The van der Waals surface area contributed by atoms with Crippen LogP contribution in [0.2, 0.25) is 0 Å². The number of carbonyl (C=O) groups excluding carboxylic acids is 3. The maximum absolute atomic E-state index is 12.9. The second kappa shape index (κ2) is 70.1. The van der Waals surface area contributed by atoms with Crippen LogP contribution in [0.5, 0.6) is 0 Å². The molecule has 474 valence electrons. The molecule has 6 nitrogen and oxygen atoms in total. The highest BCUT2D eigenvalue weighted by Crippen LogP contribution is 2.18. The van der Waals surface area contributed by atoms with Gasteiger partial charge in [0, 0.05) is 19.3 Å². The van der Waals surface area contributed by atoms with Gasteiger partial charge in [0.15, 0.2) is 6.10 Å². The summed E-state index contributed by atoms with van der Waals surface area (Å²) in [6.07, 6.45) is 93.4. The second-order valence-electron chi connectivity index (χ2n) is 23.8. The van der Waals surface area contributed by atoms with E-state index in [0.717, 1.165) is 109 Å². The van der Waals surface area contributed by atoms with E-state index < -0.39 is 6.10 Å². The zero-order valence-electron chi connectivity index (χ0n) is 54.5. The highest BCUT2D eigenvalue weighted by molar-refractivity contribution is 5.71. The second-order valence-corrected chi connectivity index (χ2v) is 23.8. The molecule has 0 saturated heterocycles. The number of rotatable bonds is 65. The zero-order valence-corrected chi connectivity index (χ0v) is 54.5. The molecule has 0 spiro atoms. The van der Waals surface area contributed by atoms with Crippen molar-refractivity contribution >= 4 is 17.9 Å². The SMILES string of the molecule is CC/C=C\C/C=C\C/C=C\C/C=C\C/C=C\C/C=C\CCCCCCCCCCCCCCC(=O)OCC(COC(=O)CCCCCCC/C=C\CCC)OC(=O)CCCCCCCCCCCCCCCCCCCCCCCCC. The van der Waals surface area contributed by atoms with Gasteiger partial charge in [-0.2, -0.15) is 0 Å². The van der Waals surface area contributed by atoms with Gasteiger partial charge >= 0.3 is 17.9 Å². The molecule has 0 aliphatic carbocycles. The fourth-order valence-corrected chi connectivity index (χ4v) is 10.3. The summed E-state index contributed by atoms with van der Waals surface area (Å²) in [4.78, 5) is 38.3. The fourth-order valence-electron chi connectivity index (χ4n) is 10.3. The van der Waals surface area contributed by atoms with Crippen LogP contribution < -0.4 is 0 Å². The van der Waals surface area contributed by atoms with Crippen LogP contribution in [-0.4, -0.2) is 37.2 Å². The van der Waals surface area contributed by atoms with E-state index in [1.165, 1.54) is 212 Å². The molecule has 0 amide bonds. The van der Waals surface area contributed by atoms with Crippen molar-refractivity contribution in [2.75, 3.05) is 13.2 Å². The molecule has 0 aromatic heterocycles. The number of ether oxygens (including phenoxy) is 3. The van der Waals surface area contributed by atoms with Crippen molar-refractivity contribution in [2.24, 2.45) is 0 Å². The monoisotopic (exact) mass is 1140 g/mol. The number of esters is 3. The number of carbonyl (C=O) groups is 3. The van der Waals surface area contributed by atoms with Crippen LogP contribution in [0.1, 0.15) is 361 Å². The molecule has 0 bridgehead atoms. The van der Waals surface area contributed by atoms with Gasteiger partial charge in [-0.3, -0.25) is 14.4 Å². The van der Waals surface area contributed by atoms with E-state index in [0.29, 0.717) is 19.3 Å². The predicted octanol–water partition coefficient (Wildman–Crippen LogP) is 24.6. The summed E-state index contributed by atoms with van der Waals surface area (Å²) in [7, 11) is 0. The van der Waals surface area contributed by atoms with Gasteiger partial charge in [0.05, 0.1) is 0 Å². The van der Waals surface area contributed by atoms with E-state index in [2.05, 4.69) is 106 Å². The summed E-state index contributed by atoms with van der Waals surface area (Å²) in [6, 6.07) is 0. The summed E-state index contributed by atoms with van der Waals surface area (Å²) in [5.41, 5.74) is 0. The highest BCUT2D eigenvalue weighted by atomic mass is 16.6. The minimum Gasteiger partial charge on any atom is -0.462 e. The molecule has 0 aliphatic rings. The van der Waals surface area contributed by atoms with E-state index in [9.17, 15) is 14.4 Å². The van der Waals surface area contributed by atoms with Crippen LogP contribution in [0.25, 0.3) is 0 Å². The average molecular weight is 1140 g/mol. The van der Waals surface area contributed by atoms with Crippen LogP contribution >= 0.6 is 0 Å². The van der Waals surface area contributed by atoms with E-state index in [1.54, 1.807) is 0 Å². The molecule has 0 radical (unpaired) electrons. The molecular formula is C76H134O6. The first kappa shape index (κ1) is 78.6.